The lowest BCUT2D eigenvalue weighted by Gasteiger charge is -2.06. The number of carbonyl (C=O) groups excluding carboxylic acids is 1. The molecule has 0 radical (unpaired) electrons. The van der Waals surface area contributed by atoms with Gasteiger partial charge in [-0.2, -0.15) is 0 Å². The smallest absolute Gasteiger partial charge is 0.357 e. The van der Waals surface area contributed by atoms with E-state index in [1.807, 2.05) is 0 Å². The first-order chi connectivity index (χ1) is 7.26. The molecule has 0 atom stereocenters. The predicted octanol–water partition coefficient (Wildman–Crippen LogP) is -0.0919. The summed E-state index contributed by atoms with van der Waals surface area (Å²) in [7, 11) is 3.06. The van der Waals surface area contributed by atoms with E-state index in [9.17, 15) is 4.79 Å². The second-order valence-electron chi connectivity index (χ2n) is 3.17. The van der Waals surface area contributed by atoms with Gasteiger partial charge in [-0.05, 0) is 0 Å². The molecule has 2 N–H and O–H groups in total. The zero-order valence-electron chi connectivity index (χ0n) is 8.63. The fourth-order valence-corrected chi connectivity index (χ4v) is 1.55. The van der Waals surface area contributed by atoms with Crippen LogP contribution in [0.25, 0.3) is 0 Å². The first-order valence-electron chi connectivity index (χ1n) is 4.63. The van der Waals surface area contributed by atoms with Gasteiger partial charge in [-0.1, -0.05) is 0 Å². The summed E-state index contributed by atoms with van der Waals surface area (Å²) in [4.78, 5) is 19.8. The Kier molecular flexibility index (Phi) is 2.51. The number of nitrogens with one attached hydrogen (secondary N) is 2. The number of carbonyl (C=O) groups is 1. The number of aromatic nitrogens is 2. The van der Waals surface area contributed by atoms with Gasteiger partial charge in [0.25, 0.3) is 0 Å². The quantitative estimate of drug-likeness (QED) is 0.661. The highest BCUT2D eigenvalue weighted by atomic mass is 16.5. The molecule has 0 fully saturated rings. The molecule has 2 heterocycles. The standard InChI is InChI=1S/C9H12N4O2/c1-10-9-12-6-4-11-3-5(6)7(13-9)8(14)15-2/h11H,3-4H2,1-2H3,(H,10,12,13). The van der Waals surface area contributed by atoms with Crippen molar-refractivity contribution in [1.29, 1.82) is 0 Å². The molecule has 2 rings (SSSR count). The van der Waals surface area contributed by atoms with Crippen LogP contribution in [0.5, 0.6) is 0 Å². The zero-order chi connectivity index (χ0) is 10.8. The maximum atomic E-state index is 11.5. The Morgan fingerprint density at radius 3 is 2.93 bits per heavy atom. The minimum absolute atomic E-state index is 0.344. The van der Waals surface area contributed by atoms with Crippen LogP contribution in [0, 0.1) is 0 Å². The molecule has 0 spiro atoms. The SMILES string of the molecule is CNc1nc2c(c(C(=O)OC)n1)CNC2. The van der Waals surface area contributed by atoms with E-state index in [2.05, 4.69) is 25.3 Å². The average molecular weight is 208 g/mol. The van der Waals surface area contributed by atoms with Crippen molar-refractivity contribution in [2.75, 3.05) is 19.5 Å². The number of hydrogen-bond acceptors (Lipinski definition) is 6. The molecule has 0 aliphatic carbocycles. The highest BCUT2D eigenvalue weighted by Gasteiger charge is 2.23. The summed E-state index contributed by atoms with van der Waals surface area (Å²) < 4.78 is 4.68. The normalized spacial score (nSPS) is 13.5. The molecule has 1 aromatic heterocycles. The maximum Gasteiger partial charge on any atom is 0.357 e. The first-order valence-corrected chi connectivity index (χ1v) is 4.63. The molecule has 0 aromatic carbocycles. The molecule has 1 aromatic rings. The van der Waals surface area contributed by atoms with Gasteiger partial charge >= 0.3 is 5.97 Å². The minimum atomic E-state index is -0.422. The third-order valence-electron chi connectivity index (χ3n) is 2.29. The largest absolute Gasteiger partial charge is 0.464 e. The topological polar surface area (TPSA) is 76.1 Å². The summed E-state index contributed by atoms with van der Waals surface area (Å²) >= 11 is 0. The average Bonchev–Trinajstić information content (AvgIpc) is 2.74. The summed E-state index contributed by atoms with van der Waals surface area (Å²) in [5.41, 5.74) is 2.03. The molecule has 80 valence electrons. The lowest BCUT2D eigenvalue weighted by molar-refractivity contribution is 0.0592. The number of nitrogens with zero attached hydrogens (tertiary/aromatic N) is 2. The highest BCUT2D eigenvalue weighted by Crippen LogP contribution is 2.19. The van der Waals surface area contributed by atoms with Gasteiger partial charge in [0, 0.05) is 25.7 Å². The Balaban J connectivity index is 2.52. The number of anilines is 1. The molecular formula is C9H12N4O2. The molecule has 6 nitrogen and oxygen atoms in total. The summed E-state index contributed by atoms with van der Waals surface area (Å²) in [6.45, 7) is 1.28. The van der Waals surface area contributed by atoms with E-state index in [1.165, 1.54) is 7.11 Å². The Bertz CT molecular complexity index is 405. The van der Waals surface area contributed by atoms with Crippen molar-refractivity contribution < 1.29 is 9.53 Å². The lowest BCUT2D eigenvalue weighted by atomic mass is 10.2. The molecule has 1 aliphatic rings. The van der Waals surface area contributed by atoms with Crippen molar-refractivity contribution in [3.63, 3.8) is 0 Å². The van der Waals surface area contributed by atoms with Crippen LogP contribution < -0.4 is 10.6 Å². The lowest BCUT2D eigenvalue weighted by Crippen LogP contribution is -2.12. The van der Waals surface area contributed by atoms with E-state index in [0.717, 1.165) is 11.3 Å². The van der Waals surface area contributed by atoms with Crippen molar-refractivity contribution in [3.05, 3.63) is 17.0 Å². The summed E-state index contributed by atoms with van der Waals surface area (Å²) in [6, 6.07) is 0. The Labute approximate surface area is 87.1 Å². The molecule has 0 saturated carbocycles. The molecule has 0 unspecified atom stereocenters. The molecule has 1 aliphatic heterocycles. The van der Waals surface area contributed by atoms with E-state index >= 15 is 0 Å². The van der Waals surface area contributed by atoms with Crippen LogP contribution in [0.3, 0.4) is 0 Å². The molecule has 0 amide bonds. The molecule has 0 saturated heterocycles. The number of esters is 1. The number of rotatable bonds is 2. The van der Waals surface area contributed by atoms with Crippen LogP contribution in [0.2, 0.25) is 0 Å². The van der Waals surface area contributed by atoms with E-state index < -0.39 is 5.97 Å². The van der Waals surface area contributed by atoms with Gasteiger partial charge in [-0.25, -0.2) is 14.8 Å². The first kappa shape index (κ1) is 9.85. The maximum absolute atomic E-state index is 11.5. The second-order valence-corrected chi connectivity index (χ2v) is 3.17. The van der Waals surface area contributed by atoms with E-state index in [4.69, 9.17) is 0 Å². The molecular weight excluding hydrogens is 196 g/mol. The fraction of sp³-hybridized carbons (Fsp3) is 0.444. The van der Waals surface area contributed by atoms with E-state index in [-0.39, 0.29) is 0 Å². The van der Waals surface area contributed by atoms with Crippen molar-refractivity contribution in [3.8, 4) is 0 Å². The number of methoxy groups -OCH3 is 1. The summed E-state index contributed by atoms with van der Waals surface area (Å²) in [5.74, 6) is 0.0201. The third-order valence-corrected chi connectivity index (χ3v) is 2.29. The van der Waals surface area contributed by atoms with Gasteiger partial charge in [0.05, 0.1) is 12.8 Å². The van der Waals surface area contributed by atoms with Crippen molar-refractivity contribution in [1.82, 2.24) is 15.3 Å². The number of hydrogen-bond donors (Lipinski definition) is 2. The highest BCUT2D eigenvalue weighted by molar-refractivity contribution is 5.89. The van der Waals surface area contributed by atoms with Crippen LogP contribution in [0.4, 0.5) is 5.95 Å². The van der Waals surface area contributed by atoms with Gasteiger partial charge in [0.2, 0.25) is 5.95 Å². The number of ether oxygens (including phenoxy) is 1. The van der Waals surface area contributed by atoms with E-state index in [1.54, 1.807) is 7.05 Å². The monoisotopic (exact) mass is 208 g/mol. The fourth-order valence-electron chi connectivity index (χ4n) is 1.55. The van der Waals surface area contributed by atoms with Gasteiger partial charge < -0.3 is 15.4 Å². The second kappa shape index (κ2) is 3.82. The predicted molar refractivity (Wildman–Crippen MR) is 53.5 cm³/mol. The minimum Gasteiger partial charge on any atom is -0.464 e. The van der Waals surface area contributed by atoms with Crippen LogP contribution in [-0.2, 0) is 17.8 Å². The molecule has 6 heteroatoms. The van der Waals surface area contributed by atoms with Crippen LogP contribution in [-0.4, -0.2) is 30.1 Å². The van der Waals surface area contributed by atoms with Crippen LogP contribution in [0.15, 0.2) is 0 Å². The van der Waals surface area contributed by atoms with Crippen molar-refractivity contribution >= 4 is 11.9 Å². The third kappa shape index (κ3) is 1.63. The van der Waals surface area contributed by atoms with Gasteiger partial charge in [-0.15, -0.1) is 0 Å². The van der Waals surface area contributed by atoms with Crippen LogP contribution >= 0.6 is 0 Å². The zero-order valence-corrected chi connectivity index (χ0v) is 8.63. The van der Waals surface area contributed by atoms with Crippen molar-refractivity contribution in [2.24, 2.45) is 0 Å². The Morgan fingerprint density at radius 1 is 1.47 bits per heavy atom. The van der Waals surface area contributed by atoms with E-state index in [0.29, 0.717) is 24.7 Å². The number of fused-ring (bicyclic) bond motifs is 1. The van der Waals surface area contributed by atoms with Gasteiger partial charge in [0.1, 0.15) is 0 Å². The molecule has 0 bridgehead atoms. The van der Waals surface area contributed by atoms with Crippen molar-refractivity contribution in [2.45, 2.75) is 13.1 Å². The van der Waals surface area contributed by atoms with Gasteiger partial charge in [-0.3, -0.25) is 0 Å². The molecule has 15 heavy (non-hydrogen) atoms. The Morgan fingerprint density at radius 2 is 2.27 bits per heavy atom. The van der Waals surface area contributed by atoms with Crippen LogP contribution in [0.1, 0.15) is 21.7 Å². The summed E-state index contributed by atoms with van der Waals surface area (Å²) in [5, 5.41) is 5.94. The Hall–Kier alpha value is -1.69. The summed E-state index contributed by atoms with van der Waals surface area (Å²) in [6.07, 6.45) is 0. The van der Waals surface area contributed by atoms with Gasteiger partial charge in [0.15, 0.2) is 5.69 Å².